The fraction of sp³-hybridized carbons (Fsp3) is 0.393. The number of benzene rings is 2. The first-order chi connectivity index (χ1) is 17.4. The highest BCUT2D eigenvalue weighted by molar-refractivity contribution is 6.30. The van der Waals surface area contributed by atoms with Crippen LogP contribution in [0.3, 0.4) is 0 Å². The lowest BCUT2D eigenvalue weighted by Crippen LogP contribution is -2.40. The first-order valence-electron chi connectivity index (χ1n) is 12.0. The van der Waals surface area contributed by atoms with Gasteiger partial charge in [-0.25, -0.2) is 9.78 Å². The molecule has 198 valence electrons. The van der Waals surface area contributed by atoms with E-state index in [0.717, 1.165) is 22.3 Å². The normalized spacial score (nSPS) is 11.6. The van der Waals surface area contributed by atoms with Crippen molar-refractivity contribution in [3.8, 4) is 17.2 Å². The lowest BCUT2D eigenvalue weighted by molar-refractivity contribution is -0.158. The Morgan fingerprint density at radius 1 is 1.11 bits per heavy atom. The number of aliphatic carboxylic acids is 1. The van der Waals surface area contributed by atoms with Crippen molar-refractivity contribution in [1.82, 2.24) is 9.88 Å². The lowest BCUT2D eigenvalue weighted by atomic mass is 10.0. The fourth-order valence-electron chi connectivity index (χ4n) is 4.04. The summed E-state index contributed by atoms with van der Waals surface area (Å²) in [6.45, 7) is 11.4. The highest BCUT2D eigenvalue weighted by atomic mass is 35.5. The number of oxazole rings is 1. The van der Waals surface area contributed by atoms with Crippen LogP contribution in [-0.2, 0) is 27.4 Å². The quantitative estimate of drug-likeness (QED) is 0.315. The number of nitrogens with zero attached hydrogens (tertiary/aromatic N) is 2. The SMILES string of the molecule is CCOC(=O)C(C)(C)Oc1c(C)cc(CN(CC(=O)O)Cc2nc(-c3cccc(Cl)c3)oc2C)cc1C. The van der Waals surface area contributed by atoms with Gasteiger partial charge in [0.15, 0.2) is 5.60 Å². The molecule has 1 N–H and O–H groups in total. The molecule has 0 unspecified atom stereocenters. The van der Waals surface area contributed by atoms with Gasteiger partial charge in [-0.1, -0.05) is 29.8 Å². The van der Waals surface area contributed by atoms with E-state index in [2.05, 4.69) is 4.98 Å². The molecule has 3 rings (SSSR count). The molecule has 8 nitrogen and oxygen atoms in total. The Labute approximate surface area is 222 Å². The highest BCUT2D eigenvalue weighted by Gasteiger charge is 2.32. The van der Waals surface area contributed by atoms with Gasteiger partial charge < -0.3 is 19.0 Å². The van der Waals surface area contributed by atoms with Crippen molar-refractivity contribution in [2.45, 2.75) is 60.2 Å². The predicted octanol–water partition coefficient (Wildman–Crippen LogP) is 5.73. The third-order valence-corrected chi connectivity index (χ3v) is 5.98. The third kappa shape index (κ3) is 7.33. The number of carboxylic acid groups (broad SMARTS) is 1. The van der Waals surface area contributed by atoms with Gasteiger partial charge in [-0.3, -0.25) is 9.69 Å². The molecule has 2 aromatic carbocycles. The average Bonchev–Trinajstić information content (AvgIpc) is 3.16. The van der Waals surface area contributed by atoms with E-state index >= 15 is 0 Å². The second-order valence-electron chi connectivity index (χ2n) is 9.46. The molecule has 0 aliphatic heterocycles. The molecule has 0 aliphatic rings. The maximum atomic E-state index is 12.3. The maximum Gasteiger partial charge on any atom is 0.349 e. The van der Waals surface area contributed by atoms with Crippen molar-refractivity contribution in [3.05, 3.63) is 69.6 Å². The minimum atomic E-state index is -1.15. The molecule has 9 heteroatoms. The largest absolute Gasteiger partial charge is 0.480 e. The van der Waals surface area contributed by atoms with Gasteiger partial charge >= 0.3 is 11.9 Å². The van der Waals surface area contributed by atoms with Crippen LogP contribution < -0.4 is 4.74 Å². The summed E-state index contributed by atoms with van der Waals surface area (Å²) in [7, 11) is 0. The molecule has 0 fully saturated rings. The number of ether oxygens (including phenoxy) is 2. The first-order valence-corrected chi connectivity index (χ1v) is 12.4. The zero-order valence-electron chi connectivity index (χ0n) is 22.1. The summed E-state index contributed by atoms with van der Waals surface area (Å²) in [6, 6.07) is 11.1. The van der Waals surface area contributed by atoms with Crippen molar-refractivity contribution in [3.63, 3.8) is 0 Å². The molecule has 37 heavy (non-hydrogen) atoms. The topological polar surface area (TPSA) is 102 Å². The number of aryl methyl sites for hydroxylation is 3. The van der Waals surface area contributed by atoms with E-state index < -0.39 is 17.5 Å². The highest BCUT2D eigenvalue weighted by Crippen LogP contribution is 2.30. The first kappa shape index (κ1) is 28.2. The molecule has 1 heterocycles. The minimum absolute atomic E-state index is 0.176. The van der Waals surface area contributed by atoms with Crippen LogP contribution in [0.25, 0.3) is 11.5 Å². The van der Waals surface area contributed by atoms with Crippen LogP contribution in [0.4, 0.5) is 0 Å². The van der Waals surface area contributed by atoms with Crippen LogP contribution in [0.5, 0.6) is 5.75 Å². The summed E-state index contributed by atoms with van der Waals surface area (Å²) >= 11 is 6.10. The number of rotatable bonds is 11. The van der Waals surface area contributed by atoms with Crippen LogP contribution in [-0.4, -0.2) is 45.7 Å². The van der Waals surface area contributed by atoms with E-state index in [9.17, 15) is 14.7 Å². The molecular formula is C28H33ClN2O6. The summed E-state index contributed by atoms with van der Waals surface area (Å²) in [6.07, 6.45) is 0. The number of hydrogen-bond acceptors (Lipinski definition) is 7. The van der Waals surface area contributed by atoms with Crippen LogP contribution >= 0.6 is 11.6 Å². The number of carbonyl (C=O) groups is 2. The molecule has 3 aromatic rings. The number of carbonyl (C=O) groups excluding carboxylic acids is 1. The summed E-state index contributed by atoms with van der Waals surface area (Å²) in [5.74, 6) is 0.266. The molecule has 0 amide bonds. The van der Waals surface area contributed by atoms with Gasteiger partial charge in [-0.15, -0.1) is 0 Å². The predicted molar refractivity (Wildman–Crippen MR) is 141 cm³/mol. The Bertz CT molecular complexity index is 1260. The molecule has 0 aliphatic carbocycles. The van der Waals surface area contributed by atoms with E-state index in [1.165, 1.54) is 0 Å². The lowest BCUT2D eigenvalue weighted by Gasteiger charge is -2.27. The standard InChI is InChI=1S/C28H33ClN2O6/c1-7-35-27(34)28(5,6)37-25-17(2)11-20(12-18(25)3)14-31(16-24(32)33)15-23-19(4)36-26(30-23)21-9-8-10-22(29)13-21/h8-13H,7,14-16H2,1-6H3,(H,32,33). The van der Waals surface area contributed by atoms with E-state index in [1.54, 1.807) is 44.7 Å². The fourth-order valence-corrected chi connectivity index (χ4v) is 4.23. The Morgan fingerprint density at radius 3 is 2.38 bits per heavy atom. The minimum Gasteiger partial charge on any atom is -0.480 e. The second-order valence-corrected chi connectivity index (χ2v) is 9.90. The van der Waals surface area contributed by atoms with Crippen molar-refractivity contribution in [2.24, 2.45) is 0 Å². The summed E-state index contributed by atoms with van der Waals surface area (Å²) in [4.78, 5) is 30.3. The number of carboxylic acids is 1. The Hall–Kier alpha value is -3.36. The van der Waals surface area contributed by atoms with Gasteiger partial charge in [0, 0.05) is 23.7 Å². The van der Waals surface area contributed by atoms with E-state index in [-0.39, 0.29) is 19.7 Å². The summed E-state index contributed by atoms with van der Waals surface area (Å²) < 4.78 is 17.0. The third-order valence-electron chi connectivity index (χ3n) is 5.75. The molecule has 1 aromatic heterocycles. The number of aromatic nitrogens is 1. The summed E-state index contributed by atoms with van der Waals surface area (Å²) in [5, 5.41) is 10.1. The van der Waals surface area contributed by atoms with E-state index in [1.807, 2.05) is 38.1 Å². The van der Waals surface area contributed by atoms with Crippen molar-refractivity contribution in [2.75, 3.05) is 13.2 Å². The Morgan fingerprint density at radius 2 is 1.78 bits per heavy atom. The van der Waals surface area contributed by atoms with E-state index in [0.29, 0.717) is 34.7 Å². The zero-order valence-corrected chi connectivity index (χ0v) is 22.8. The molecule has 0 spiro atoms. The number of hydrogen-bond donors (Lipinski definition) is 1. The van der Waals surface area contributed by atoms with E-state index in [4.69, 9.17) is 25.5 Å². The number of halogens is 1. The van der Waals surface area contributed by atoms with Gasteiger partial charge in [0.1, 0.15) is 11.5 Å². The zero-order chi connectivity index (χ0) is 27.3. The maximum absolute atomic E-state index is 12.3. The molecule has 0 radical (unpaired) electrons. The van der Waals surface area contributed by atoms with Gasteiger partial charge in [0.05, 0.1) is 18.8 Å². The van der Waals surface area contributed by atoms with Crippen molar-refractivity contribution < 1.29 is 28.6 Å². The monoisotopic (exact) mass is 528 g/mol. The van der Waals surface area contributed by atoms with Gasteiger partial charge in [-0.2, -0.15) is 0 Å². The molecule has 0 saturated carbocycles. The van der Waals surface area contributed by atoms with Crippen LogP contribution in [0.2, 0.25) is 5.02 Å². The smallest absolute Gasteiger partial charge is 0.349 e. The van der Waals surface area contributed by atoms with Crippen LogP contribution in [0.15, 0.2) is 40.8 Å². The molecule has 0 atom stereocenters. The van der Waals surface area contributed by atoms with Gasteiger partial charge in [0.2, 0.25) is 5.89 Å². The van der Waals surface area contributed by atoms with Gasteiger partial charge in [0.25, 0.3) is 0 Å². The average molecular weight is 529 g/mol. The van der Waals surface area contributed by atoms with Crippen molar-refractivity contribution in [1.29, 1.82) is 0 Å². The molecular weight excluding hydrogens is 496 g/mol. The van der Waals surface area contributed by atoms with Crippen LogP contribution in [0.1, 0.15) is 48.9 Å². The van der Waals surface area contributed by atoms with Crippen molar-refractivity contribution >= 4 is 23.5 Å². The Kier molecular flexibility index (Phi) is 8.99. The Balaban J connectivity index is 1.82. The second kappa shape index (κ2) is 11.8. The summed E-state index contributed by atoms with van der Waals surface area (Å²) in [5.41, 5.74) is 2.84. The number of esters is 1. The van der Waals surface area contributed by atoms with Gasteiger partial charge in [-0.05, 0) is 76.4 Å². The van der Waals surface area contributed by atoms with Crippen LogP contribution in [0, 0.1) is 20.8 Å². The molecule has 0 saturated heterocycles. The molecule has 0 bridgehead atoms.